The van der Waals surface area contributed by atoms with Gasteiger partial charge in [-0.05, 0) is 78.6 Å². The third-order valence-electron chi connectivity index (χ3n) is 11.5. The van der Waals surface area contributed by atoms with E-state index in [4.69, 9.17) is 0 Å². The summed E-state index contributed by atoms with van der Waals surface area (Å²) in [7, 11) is 0. The summed E-state index contributed by atoms with van der Waals surface area (Å²) in [6, 6.07) is 0. The second-order valence-electron chi connectivity index (χ2n) is 14.2. The van der Waals surface area contributed by atoms with Crippen LogP contribution in [0.15, 0.2) is 22.6 Å². The van der Waals surface area contributed by atoms with E-state index in [0.29, 0.717) is 30.5 Å². The predicted molar refractivity (Wildman–Crippen MR) is 168 cm³/mol. The van der Waals surface area contributed by atoms with Gasteiger partial charge >= 0.3 is 0 Å². The number of Topliss-reactive ketones (excluding diaryl/α,β-unsaturated/α-hetero) is 2. The van der Waals surface area contributed by atoms with E-state index in [9.17, 15) is 14.0 Å². The molecule has 40 heavy (non-hydrogen) atoms. The Bertz CT molecular complexity index is 939. The minimum atomic E-state index is -1.30. The molecule has 3 saturated carbocycles. The van der Waals surface area contributed by atoms with Crippen molar-refractivity contribution < 1.29 is 14.0 Å². The van der Waals surface area contributed by atoms with E-state index in [0.717, 1.165) is 41.9 Å². The van der Waals surface area contributed by atoms with Crippen LogP contribution in [0.2, 0.25) is 0 Å². The van der Waals surface area contributed by atoms with E-state index in [1.165, 1.54) is 95.5 Å². The molecule has 0 bridgehead atoms. The molecule has 0 aromatic rings. The van der Waals surface area contributed by atoms with Crippen LogP contribution < -0.4 is 0 Å². The van der Waals surface area contributed by atoms with Gasteiger partial charge in [0.05, 0.1) is 4.91 Å². The lowest BCUT2D eigenvalue weighted by molar-refractivity contribution is -0.134. The summed E-state index contributed by atoms with van der Waals surface area (Å²) in [6.07, 6.45) is 22.2. The molecule has 2 nitrogen and oxygen atoms in total. The molecule has 0 aromatic heterocycles. The van der Waals surface area contributed by atoms with E-state index >= 15 is 0 Å². The Morgan fingerprint density at radius 3 is 2.00 bits per heavy atom. The normalized spacial score (nSPS) is 33.8. The Kier molecular flexibility index (Phi) is 11.6. The van der Waals surface area contributed by atoms with Crippen LogP contribution in [0.5, 0.6) is 0 Å². The molecule has 0 spiro atoms. The van der Waals surface area contributed by atoms with E-state index in [1.54, 1.807) is 11.8 Å². The first-order valence-electron chi connectivity index (χ1n) is 17.0. The van der Waals surface area contributed by atoms with Crippen LogP contribution in [0.1, 0.15) is 149 Å². The summed E-state index contributed by atoms with van der Waals surface area (Å²) in [5.74, 6) is 2.02. The third-order valence-corrected chi connectivity index (χ3v) is 12.7. The Balaban J connectivity index is 1.21. The molecule has 0 aromatic carbocycles. The summed E-state index contributed by atoms with van der Waals surface area (Å²) >= 11 is 1.79. The number of carbonyl (C=O) groups excluding carboxylic acids is 2. The van der Waals surface area contributed by atoms with Crippen LogP contribution in [-0.4, -0.2) is 23.5 Å². The molecule has 0 radical (unpaired) electrons. The number of allylic oxidation sites excluding steroid dienone is 2. The monoisotopic (exact) mass is 572 g/mol. The van der Waals surface area contributed by atoms with Gasteiger partial charge in [-0.1, -0.05) is 111 Å². The lowest BCUT2D eigenvalue weighted by atomic mass is 9.46. The largest absolute Gasteiger partial charge is 0.296 e. The van der Waals surface area contributed by atoms with Gasteiger partial charge in [0, 0.05) is 11.8 Å². The van der Waals surface area contributed by atoms with E-state index in [1.807, 2.05) is 6.92 Å². The zero-order valence-electron chi connectivity index (χ0n) is 26.0. The number of halogens is 1. The zero-order chi connectivity index (χ0) is 28.8. The number of thioether (sulfide) groups is 1. The highest BCUT2D eigenvalue weighted by Gasteiger charge is 2.62. The van der Waals surface area contributed by atoms with Crippen molar-refractivity contribution in [3.05, 3.63) is 22.6 Å². The number of fused-ring (bicyclic) bond motifs is 5. The van der Waals surface area contributed by atoms with Crippen molar-refractivity contribution in [1.82, 2.24) is 0 Å². The van der Waals surface area contributed by atoms with Crippen LogP contribution >= 0.6 is 11.8 Å². The fraction of sp³-hybridized carbons (Fsp3) is 0.833. The van der Waals surface area contributed by atoms with Crippen LogP contribution in [0.4, 0.5) is 4.39 Å². The van der Waals surface area contributed by atoms with Gasteiger partial charge in [0.15, 0.2) is 17.7 Å². The van der Waals surface area contributed by atoms with E-state index in [2.05, 4.69) is 20.4 Å². The van der Waals surface area contributed by atoms with Crippen molar-refractivity contribution in [2.45, 2.75) is 155 Å². The second kappa shape index (κ2) is 14.5. The van der Waals surface area contributed by atoms with Crippen LogP contribution in [0, 0.1) is 28.6 Å². The summed E-state index contributed by atoms with van der Waals surface area (Å²) in [6.45, 7) is 11.2. The highest BCUT2D eigenvalue weighted by Crippen LogP contribution is 2.66. The number of hydrogen-bond acceptors (Lipinski definition) is 3. The number of ketones is 2. The highest BCUT2D eigenvalue weighted by molar-refractivity contribution is 8.04. The Hall–Kier alpha value is -0.900. The average molecular weight is 573 g/mol. The smallest absolute Gasteiger partial charge is 0.173 e. The Labute approximate surface area is 249 Å². The summed E-state index contributed by atoms with van der Waals surface area (Å²) in [5, 5.41) is 0. The molecule has 4 rings (SSSR count). The van der Waals surface area contributed by atoms with Gasteiger partial charge in [-0.15, -0.1) is 11.8 Å². The molecular formula is C36H57FO2S. The van der Waals surface area contributed by atoms with Crippen LogP contribution in [0.3, 0.4) is 0 Å². The lowest BCUT2D eigenvalue weighted by Crippen LogP contribution is -2.51. The minimum Gasteiger partial charge on any atom is -0.296 e. The SMILES string of the molecule is C=C1C[C@@H]2[C@@H](CC[C@]3(C)C(=O)C(F)C[C@@H]23)[C@@]2(C)CCC(=O)C(SCCCCCCCCCCCCCCCC)=C12. The topological polar surface area (TPSA) is 34.1 Å². The maximum absolute atomic E-state index is 14.6. The van der Waals surface area contributed by atoms with E-state index < -0.39 is 11.6 Å². The average Bonchev–Trinajstić information content (AvgIpc) is 3.16. The minimum absolute atomic E-state index is 0.0650. The molecule has 0 amide bonds. The van der Waals surface area contributed by atoms with Crippen LogP contribution in [-0.2, 0) is 9.59 Å². The first-order chi connectivity index (χ1) is 19.2. The number of alkyl halides is 1. The van der Waals surface area contributed by atoms with Gasteiger partial charge in [-0.3, -0.25) is 9.59 Å². The van der Waals surface area contributed by atoms with Gasteiger partial charge in [-0.25, -0.2) is 4.39 Å². The van der Waals surface area contributed by atoms with Gasteiger partial charge in [0.1, 0.15) is 0 Å². The fourth-order valence-electron chi connectivity index (χ4n) is 9.07. The molecule has 0 heterocycles. The molecule has 4 aliphatic carbocycles. The first kappa shape index (κ1) is 32.0. The number of unbranched alkanes of at least 4 members (excludes halogenated alkanes) is 13. The van der Waals surface area contributed by atoms with Crippen molar-refractivity contribution in [2.24, 2.45) is 28.6 Å². The zero-order valence-corrected chi connectivity index (χ0v) is 26.8. The molecule has 226 valence electrons. The molecule has 0 N–H and O–H groups in total. The first-order valence-corrected chi connectivity index (χ1v) is 18.0. The highest BCUT2D eigenvalue weighted by atomic mass is 32.2. The van der Waals surface area contributed by atoms with Crippen molar-refractivity contribution >= 4 is 23.3 Å². The number of carbonyl (C=O) groups is 2. The van der Waals surface area contributed by atoms with Crippen molar-refractivity contribution in [3.63, 3.8) is 0 Å². The quantitative estimate of drug-likeness (QED) is 0.173. The van der Waals surface area contributed by atoms with E-state index in [-0.39, 0.29) is 17.1 Å². The molecule has 6 atom stereocenters. The molecule has 3 fully saturated rings. The van der Waals surface area contributed by atoms with Gasteiger partial charge in [-0.2, -0.15) is 0 Å². The summed E-state index contributed by atoms with van der Waals surface area (Å²) in [5.41, 5.74) is 1.77. The van der Waals surface area contributed by atoms with Crippen molar-refractivity contribution in [1.29, 1.82) is 0 Å². The fourth-order valence-corrected chi connectivity index (χ4v) is 10.4. The molecule has 4 heteroatoms. The third kappa shape index (κ3) is 6.84. The maximum atomic E-state index is 14.6. The second-order valence-corrected chi connectivity index (χ2v) is 15.3. The molecule has 0 aliphatic heterocycles. The summed E-state index contributed by atoms with van der Waals surface area (Å²) < 4.78 is 14.6. The number of rotatable bonds is 16. The number of hydrogen-bond donors (Lipinski definition) is 0. The van der Waals surface area contributed by atoms with Crippen LogP contribution in [0.25, 0.3) is 0 Å². The van der Waals surface area contributed by atoms with Gasteiger partial charge < -0.3 is 0 Å². The van der Waals surface area contributed by atoms with Gasteiger partial charge in [0.25, 0.3) is 0 Å². The van der Waals surface area contributed by atoms with Gasteiger partial charge in [0.2, 0.25) is 0 Å². The standard InChI is InChI=1S/C36H57FO2S/c1-5-6-7-8-9-10-11-12-13-14-15-16-17-18-23-40-33-31(38)20-22-35(3)28-19-21-36(4)29(25-30(37)34(36)39)27(28)24-26(2)32(33)35/h27-30H,2,5-25H2,1,3-4H3/t27-,28-,29+,30?,35-,36+/m1/s1. The molecule has 1 unspecified atom stereocenters. The lowest BCUT2D eigenvalue weighted by Gasteiger charge is -2.57. The molecule has 0 saturated heterocycles. The maximum Gasteiger partial charge on any atom is 0.173 e. The Morgan fingerprint density at radius 2 is 1.40 bits per heavy atom. The Morgan fingerprint density at radius 1 is 0.825 bits per heavy atom. The molecular weight excluding hydrogens is 515 g/mol. The molecule has 4 aliphatic rings. The predicted octanol–water partition coefficient (Wildman–Crippen LogP) is 10.7. The van der Waals surface area contributed by atoms with Crippen molar-refractivity contribution in [3.8, 4) is 0 Å². The summed E-state index contributed by atoms with van der Waals surface area (Å²) in [4.78, 5) is 26.9. The van der Waals surface area contributed by atoms with Crippen molar-refractivity contribution in [2.75, 3.05) is 5.75 Å².